The molecule has 0 bridgehead atoms. The first-order chi connectivity index (χ1) is 7.07. The molecule has 94 valence electrons. The van der Waals surface area contributed by atoms with E-state index in [2.05, 4.69) is 5.32 Å². The van der Waals surface area contributed by atoms with Crippen LogP contribution in [-0.4, -0.2) is 29.1 Å². The second-order valence-corrected chi connectivity index (χ2v) is 5.42. The van der Waals surface area contributed by atoms with Crippen LogP contribution in [0, 0.1) is 11.3 Å². The summed E-state index contributed by atoms with van der Waals surface area (Å²) in [5.41, 5.74) is 5.10. The average Bonchev–Trinajstić information content (AvgIpc) is 2.09. The molecule has 0 saturated heterocycles. The molecule has 0 fully saturated rings. The van der Waals surface area contributed by atoms with Gasteiger partial charge in [-0.05, 0) is 11.3 Å². The van der Waals surface area contributed by atoms with E-state index in [9.17, 15) is 9.59 Å². The van der Waals surface area contributed by atoms with Crippen molar-refractivity contribution in [3.8, 4) is 0 Å². The minimum absolute atomic E-state index is 0.0191. The van der Waals surface area contributed by atoms with E-state index in [0.29, 0.717) is 0 Å². The van der Waals surface area contributed by atoms with Crippen LogP contribution in [0.1, 0.15) is 34.6 Å². The van der Waals surface area contributed by atoms with E-state index in [0.717, 1.165) is 0 Å². The zero-order valence-electron chi connectivity index (χ0n) is 10.6. The Hall–Kier alpha value is -1.10. The van der Waals surface area contributed by atoms with E-state index >= 15 is 0 Å². The molecular weight excluding hydrogens is 208 g/mol. The molecule has 0 aromatic heterocycles. The van der Waals surface area contributed by atoms with Crippen molar-refractivity contribution in [3.05, 3.63) is 0 Å². The van der Waals surface area contributed by atoms with Crippen molar-refractivity contribution in [1.82, 2.24) is 5.32 Å². The van der Waals surface area contributed by atoms with Crippen LogP contribution in [-0.2, 0) is 9.59 Å². The Bertz CT molecular complexity index is 269. The van der Waals surface area contributed by atoms with Crippen LogP contribution >= 0.6 is 0 Å². The molecule has 0 saturated carbocycles. The molecule has 5 heteroatoms. The first-order valence-electron chi connectivity index (χ1n) is 5.36. The van der Waals surface area contributed by atoms with Crippen molar-refractivity contribution < 1.29 is 14.7 Å². The molecule has 0 aliphatic carbocycles. The summed E-state index contributed by atoms with van der Waals surface area (Å²) in [6.07, 6.45) is 0. The number of aliphatic carboxylic acids is 1. The molecule has 0 radical (unpaired) electrons. The van der Waals surface area contributed by atoms with Crippen molar-refractivity contribution in [1.29, 1.82) is 0 Å². The quantitative estimate of drug-likeness (QED) is 0.659. The van der Waals surface area contributed by atoms with Gasteiger partial charge in [0.25, 0.3) is 0 Å². The number of carbonyl (C=O) groups is 2. The summed E-state index contributed by atoms with van der Waals surface area (Å²) in [6, 6.07) is -1.60. The third kappa shape index (κ3) is 4.18. The van der Waals surface area contributed by atoms with Gasteiger partial charge in [0.05, 0.1) is 6.04 Å². The number of hydrogen-bond acceptors (Lipinski definition) is 3. The Morgan fingerprint density at radius 1 is 1.25 bits per heavy atom. The lowest BCUT2D eigenvalue weighted by molar-refractivity contribution is -0.145. The number of hydrogen-bond donors (Lipinski definition) is 3. The molecule has 2 unspecified atom stereocenters. The van der Waals surface area contributed by atoms with Crippen molar-refractivity contribution in [3.63, 3.8) is 0 Å². The van der Waals surface area contributed by atoms with Crippen molar-refractivity contribution >= 4 is 11.9 Å². The van der Waals surface area contributed by atoms with Crippen molar-refractivity contribution in [2.45, 2.75) is 46.7 Å². The third-order valence-electron chi connectivity index (χ3n) is 2.42. The molecule has 0 aliphatic rings. The molecule has 0 aromatic rings. The van der Waals surface area contributed by atoms with Crippen LogP contribution < -0.4 is 11.1 Å². The second kappa shape index (κ2) is 5.30. The van der Waals surface area contributed by atoms with Crippen LogP contribution in [0.2, 0.25) is 0 Å². The average molecular weight is 230 g/mol. The van der Waals surface area contributed by atoms with E-state index in [1.54, 1.807) is 20.8 Å². The van der Waals surface area contributed by atoms with Crippen LogP contribution in [0.3, 0.4) is 0 Å². The maximum absolute atomic E-state index is 11.6. The molecule has 0 heterocycles. The molecule has 0 aliphatic heterocycles. The van der Waals surface area contributed by atoms with Gasteiger partial charge < -0.3 is 16.2 Å². The van der Waals surface area contributed by atoms with Gasteiger partial charge in [-0.1, -0.05) is 34.6 Å². The molecular formula is C11H22N2O3. The zero-order valence-corrected chi connectivity index (χ0v) is 10.6. The fourth-order valence-corrected chi connectivity index (χ4v) is 1.19. The van der Waals surface area contributed by atoms with E-state index in [1.807, 2.05) is 13.8 Å². The first kappa shape index (κ1) is 14.9. The Kier molecular flexibility index (Phi) is 4.93. The summed E-state index contributed by atoms with van der Waals surface area (Å²) in [7, 11) is 0. The fraction of sp³-hybridized carbons (Fsp3) is 0.818. The number of carboxylic acids is 1. The lowest BCUT2D eigenvalue weighted by Crippen LogP contribution is -2.54. The van der Waals surface area contributed by atoms with Gasteiger partial charge >= 0.3 is 5.97 Å². The van der Waals surface area contributed by atoms with Crippen LogP contribution in [0.25, 0.3) is 0 Å². The Morgan fingerprint density at radius 3 is 1.94 bits per heavy atom. The van der Waals surface area contributed by atoms with Gasteiger partial charge in [-0.2, -0.15) is 0 Å². The minimum atomic E-state index is -1.04. The number of nitrogens with one attached hydrogen (secondary N) is 1. The highest BCUT2D eigenvalue weighted by Gasteiger charge is 2.34. The summed E-state index contributed by atoms with van der Waals surface area (Å²) in [6.45, 7) is 8.90. The topological polar surface area (TPSA) is 92.4 Å². The summed E-state index contributed by atoms with van der Waals surface area (Å²) >= 11 is 0. The van der Waals surface area contributed by atoms with Gasteiger partial charge in [0, 0.05) is 0 Å². The van der Waals surface area contributed by atoms with E-state index in [4.69, 9.17) is 10.8 Å². The highest BCUT2D eigenvalue weighted by Crippen LogP contribution is 2.19. The summed E-state index contributed by atoms with van der Waals surface area (Å²) < 4.78 is 0. The van der Waals surface area contributed by atoms with E-state index in [-0.39, 0.29) is 5.92 Å². The van der Waals surface area contributed by atoms with Crippen LogP contribution in [0.4, 0.5) is 0 Å². The molecule has 1 amide bonds. The van der Waals surface area contributed by atoms with Crippen LogP contribution in [0.15, 0.2) is 0 Å². The fourth-order valence-electron chi connectivity index (χ4n) is 1.19. The zero-order chi connectivity index (χ0) is 13.1. The lowest BCUT2D eigenvalue weighted by atomic mass is 9.86. The standard InChI is InChI=1S/C11H22N2O3/c1-6(2)7(12)9(14)13-8(10(15)16)11(3,4)5/h6-8H,12H2,1-5H3,(H,13,14)(H,15,16). The number of carboxylic acid groups (broad SMARTS) is 1. The van der Waals surface area contributed by atoms with Gasteiger partial charge in [0.15, 0.2) is 0 Å². The lowest BCUT2D eigenvalue weighted by Gasteiger charge is -2.29. The highest BCUT2D eigenvalue weighted by atomic mass is 16.4. The van der Waals surface area contributed by atoms with E-state index < -0.39 is 29.4 Å². The number of carbonyl (C=O) groups excluding carboxylic acids is 1. The second-order valence-electron chi connectivity index (χ2n) is 5.42. The van der Waals surface area contributed by atoms with Gasteiger partial charge in [-0.3, -0.25) is 4.79 Å². The first-order valence-corrected chi connectivity index (χ1v) is 5.36. The molecule has 0 aromatic carbocycles. The number of amides is 1. The van der Waals surface area contributed by atoms with Gasteiger partial charge in [0.1, 0.15) is 6.04 Å². The summed E-state index contributed by atoms with van der Waals surface area (Å²) in [5, 5.41) is 11.5. The van der Waals surface area contributed by atoms with Gasteiger partial charge in [0.2, 0.25) is 5.91 Å². The maximum Gasteiger partial charge on any atom is 0.326 e. The molecule has 0 rings (SSSR count). The molecule has 5 nitrogen and oxygen atoms in total. The van der Waals surface area contributed by atoms with Gasteiger partial charge in [-0.25, -0.2) is 4.79 Å². The smallest absolute Gasteiger partial charge is 0.326 e. The number of rotatable bonds is 4. The largest absolute Gasteiger partial charge is 0.480 e. The predicted octanol–water partition coefficient (Wildman–Crippen LogP) is 0.585. The van der Waals surface area contributed by atoms with Crippen molar-refractivity contribution in [2.24, 2.45) is 17.1 Å². The Labute approximate surface area is 96.4 Å². The predicted molar refractivity (Wildman–Crippen MR) is 61.8 cm³/mol. The highest BCUT2D eigenvalue weighted by molar-refractivity contribution is 5.87. The number of nitrogens with two attached hydrogens (primary N) is 1. The van der Waals surface area contributed by atoms with Gasteiger partial charge in [-0.15, -0.1) is 0 Å². The SMILES string of the molecule is CC(C)C(N)C(=O)NC(C(=O)O)C(C)(C)C. The van der Waals surface area contributed by atoms with Crippen LogP contribution in [0.5, 0.6) is 0 Å². The minimum Gasteiger partial charge on any atom is -0.480 e. The van der Waals surface area contributed by atoms with Crippen molar-refractivity contribution in [2.75, 3.05) is 0 Å². The normalized spacial score (nSPS) is 15.7. The monoisotopic (exact) mass is 230 g/mol. The summed E-state index contributed by atoms with van der Waals surface area (Å²) in [5.74, 6) is -1.48. The maximum atomic E-state index is 11.6. The molecule has 0 spiro atoms. The molecule has 2 atom stereocenters. The third-order valence-corrected chi connectivity index (χ3v) is 2.42. The Morgan fingerprint density at radius 2 is 1.69 bits per heavy atom. The molecule has 16 heavy (non-hydrogen) atoms. The Balaban J connectivity index is 4.67. The summed E-state index contributed by atoms with van der Waals surface area (Å²) in [4.78, 5) is 22.7. The molecule has 4 N–H and O–H groups in total. The van der Waals surface area contributed by atoms with E-state index in [1.165, 1.54) is 0 Å².